The monoisotopic (exact) mass is 457 g/mol. The van der Waals surface area contributed by atoms with E-state index >= 15 is 0 Å². The minimum absolute atomic E-state index is 0. The molecule has 0 amide bonds. The van der Waals surface area contributed by atoms with Crippen LogP contribution in [0, 0.1) is 22.7 Å². The number of imidazole rings is 1. The SMILES string of the molecule is C=C1CC[C@@H]2C(C)(C)CCC[C@@]2(C)[C@@H]1CC/C(C)=C/Cn1c[n+](C)c2ncnc(N)c21.[Cl-]. The molecule has 2 aromatic rings. The van der Waals surface area contributed by atoms with Crippen molar-refractivity contribution in [2.24, 2.45) is 29.7 Å². The zero-order chi connectivity index (χ0) is 22.4. The van der Waals surface area contributed by atoms with E-state index in [4.69, 9.17) is 5.73 Å². The van der Waals surface area contributed by atoms with Crippen LogP contribution in [0.2, 0.25) is 0 Å². The zero-order valence-electron chi connectivity index (χ0n) is 20.5. The van der Waals surface area contributed by atoms with Crippen molar-refractivity contribution in [1.82, 2.24) is 14.5 Å². The molecule has 2 N–H and O–H groups in total. The van der Waals surface area contributed by atoms with Gasteiger partial charge in [-0.25, -0.2) is 4.57 Å². The molecule has 2 aliphatic carbocycles. The number of rotatable bonds is 5. The van der Waals surface area contributed by atoms with Crippen LogP contribution in [0.5, 0.6) is 0 Å². The first-order valence-corrected chi connectivity index (χ1v) is 11.9. The fraction of sp³-hybridized carbons (Fsp3) is 0.654. The van der Waals surface area contributed by atoms with Crippen LogP contribution in [0.4, 0.5) is 5.82 Å². The summed E-state index contributed by atoms with van der Waals surface area (Å²) in [5.74, 6) is 2.00. The first-order valence-electron chi connectivity index (χ1n) is 11.9. The standard InChI is InChI=1S/C26H40N5.ClH/c1-18(12-15-31-17-30(6)24-22(31)23(27)28-16-29-24)8-10-20-19(2)9-11-21-25(3,4)13-7-14-26(20,21)5;/h12,16-17,20-21H,2,7-11,13-15H2,1,3-6H3,(H2,27,28,29);1H/q+1;/p-1/b18-12+;/t20-,21-,26+;/m1./s1. The lowest BCUT2D eigenvalue weighted by molar-refractivity contribution is -0.647. The molecule has 2 saturated carbocycles. The van der Waals surface area contributed by atoms with E-state index in [0.717, 1.165) is 30.0 Å². The number of allylic oxidation sites excluding steroid dienone is 3. The number of nitrogens with two attached hydrogens (primary N) is 1. The van der Waals surface area contributed by atoms with Crippen LogP contribution in [0.3, 0.4) is 0 Å². The van der Waals surface area contributed by atoms with E-state index in [-0.39, 0.29) is 12.4 Å². The van der Waals surface area contributed by atoms with E-state index in [2.05, 4.69) is 61.2 Å². The molecule has 0 bridgehead atoms. The summed E-state index contributed by atoms with van der Waals surface area (Å²) in [4.78, 5) is 8.55. The molecule has 0 spiro atoms. The Kier molecular flexibility index (Phi) is 7.09. The highest BCUT2D eigenvalue weighted by atomic mass is 35.5. The molecule has 3 atom stereocenters. The number of hydrogen-bond donors (Lipinski definition) is 1. The number of nitrogens with zero attached hydrogens (tertiary/aromatic N) is 4. The molecular formula is C26H40ClN5. The third-order valence-corrected chi connectivity index (χ3v) is 8.55. The van der Waals surface area contributed by atoms with Crippen LogP contribution in [-0.4, -0.2) is 14.5 Å². The summed E-state index contributed by atoms with van der Waals surface area (Å²) in [5.41, 5.74) is 11.7. The van der Waals surface area contributed by atoms with Gasteiger partial charge in [0, 0.05) is 0 Å². The Morgan fingerprint density at radius 3 is 2.81 bits per heavy atom. The Hall–Kier alpha value is -1.88. The lowest BCUT2D eigenvalue weighted by Crippen LogP contribution is -3.00. The highest BCUT2D eigenvalue weighted by molar-refractivity contribution is 5.79. The van der Waals surface area contributed by atoms with Gasteiger partial charge in [-0.05, 0) is 68.1 Å². The van der Waals surface area contributed by atoms with E-state index in [1.54, 1.807) is 0 Å². The second kappa shape index (κ2) is 9.17. The second-order valence-corrected chi connectivity index (χ2v) is 11.0. The van der Waals surface area contributed by atoms with Crippen LogP contribution in [0.15, 0.2) is 36.5 Å². The number of aryl methyl sites for hydroxylation is 1. The van der Waals surface area contributed by atoms with Gasteiger partial charge in [0.15, 0.2) is 18.5 Å². The zero-order valence-corrected chi connectivity index (χ0v) is 21.3. The van der Waals surface area contributed by atoms with E-state index in [9.17, 15) is 0 Å². The Bertz CT molecular complexity index is 1020. The Labute approximate surface area is 199 Å². The molecule has 2 fully saturated rings. The summed E-state index contributed by atoms with van der Waals surface area (Å²) in [6.45, 7) is 15.2. The van der Waals surface area contributed by atoms with Gasteiger partial charge < -0.3 is 18.1 Å². The average Bonchev–Trinajstić information content (AvgIpc) is 3.02. The number of aromatic nitrogens is 4. The summed E-state index contributed by atoms with van der Waals surface area (Å²) in [5, 5.41) is 0. The molecule has 5 nitrogen and oxygen atoms in total. The fourth-order valence-electron chi connectivity index (χ4n) is 6.91. The van der Waals surface area contributed by atoms with Gasteiger partial charge in [0.1, 0.15) is 0 Å². The maximum atomic E-state index is 6.13. The minimum atomic E-state index is 0. The van der Waals surface area contributed by atoms with Crippen molar-refractivity contribution in [3.63, 3.8) is 0 Å². The number of fused-ring (bicyclic) bond motifs is 2. The molecule has 6 heteroatoms. The predicted octanol–water partition coefficient (Wildman–Crippen LogP) is 2.37. The Balaban J connectivity index is 0.00000289. The Morgan fingerprint density at radius 1 is 1.31 bits per heavy atom. The van der Waals surface area contributed by atoms with Crippen LogP contribution in [-0.2, 0) is 13.6 Å². The molecule has 0 unspecified atom stereocenters. The molecule has 0 aromatic carbocycles. The van der Waals surface area contributed by atoms with Gasteiger partial charge in [-0.15, -0.1) is 0 Å². The quantitative estimate of drug-likeness (QED) is 0.553. The fourth-order valence-corrected chi connectivity index (χ4v) is 6.91. The maximum absolute atomic E-state index is 6.13. The molecule has 4 rings (SSSR count). The van der Waals surface area contributed by atoms with Crippen LogP contribution in [0.1, 0.15) is 72.6 Å². The van der Waals surface area contributed by atoms with E-state index in [1.807, 2.05) is 11.6 Å². The molecule has 32 heavy (non-hydrogen) atoms. The first-order chi connectivity index (χ1) is 14.6. The van der Waals surface area contributed by atoms with Crippen molar-refractivity contribution in [3.8, 4) is 0 Å². The van der Waals surface area contributed by atoms with Gasteiger partial charge in [-0.1, -0.05) is 56.0 Å². The van der Waals surface area contributed by atoms with Crippen molar-refractivity contribution in [2.75, 3.05) is 5.73 Å². The molecule has 0 aliphatic heterocycles. The maximum Gasteiger partial charge on any atom is 0.307 e. The molecule has 0 radical (unpaired) electrons. The summed E-state index contributed by atoms with van der Waals surface area (Å²) in [6, 6.07) is 0. The number of nitrogen functional groups attached to an aromatic ring is 1. The summed E-state index contributed by atoms with van der Waals surface area (Å²) < 4.78 is 4.16. The van der Waals surface area contributed by atoms with Gasteiger partial charge in [0.05, 0.1) is 13.6 Å². The molecule has 2 heterocycles. The van der Waals surface area contributed by atoms with Crippen molar-refractivity contribution >= 4 is 17.0 Å². The third kappa shape index (κ3) is 4.33. The van der Waals surface area contributed by atoms with Gasteiger partial charge >= 0.3 is 5.65 Å². The van der Waals surface area contributed by atoms with Gasteiger partial charge in [0.2, 0.25) is 5.52 Å². The van der Waals surface area contributed by atoms with Gasteiger partial charge in [-0.3, -0.25) is 4.57 Å². The van der Waals surface area contributed by atoms with Gasteiger partial charge in [-0.2, -0.15) is 4.98 Å². The average molecular weight is 458 g/mol. The topological polar surface area (TPSA) is 60.6 Å². The van der Waals surface area contributed by atoms with Crippen molar-refractivity contribution in [3.05, 3.63) is 36.5 Å². The summed E-state index contributed by atoms with van der Waals surface area (Å²) in [6.07, 6.45) is 14.9. The third-order valence-electron chi connectivity index (χ3n) is 8.55. The van der Waals surface area contributed by atoms with E-state index < -0.39 is 0 Å². The van der Waals surface area contributed by atoms with Gasteiger partial charge in [0.25, 0.3) is 0 Å². The normalized spacial score (nSPS) is 27.8. The van der Waals surface area contributed by atoms with Crippen molar-refractivity contribution in [1.29, 1.82) is 0 Å². The molecule has 176 valence electrons. The van der Waals surface area contributed by atoms with Crippen LogP contribution < -0.4 is 22.7 Å². The molecule has 0 saturated heterocycles. The number of hydrogen-bond acceptors (Lipinski definition) is 3. The molecular weight excluding hydrogens is 418 g/mol. The minimum Gasteiger partial charge on any atom is -1.00 e. The lowest BCUT2D eigenvalue weighted by atomic mass is 9.47. The highest BCUT2D eigenvalue weighted by Gasteiger charge is 2.52. The molecule has 2 aromatic heterocycles. The van der Waals surface area contributed by atoms with Crippen molar-refractivity contribution in [2.45, 2.75) is 79.2 Å². The second-order valence-electron chi connectivity index (χ2n) is 11.0. The van der Waals surface area contributed by atoms with E-state index in [0.29, 0.717) is 22.6 Å². The number of anilines is 1. The smallest absolute Gasteiger partial charge is 0.307 e. The lowest BCUT2D eigenvalue weighted by Gasteiger charge is -2.58. The molecule has 2 aliphatic rings. The van der Waals surface area contributed by atoms with E-state index in [1.165, 1.54) is 56.0 Å². The van der Waals surface area contributed by atoms with Crippen LogP contribution in [0.25, 0.3) is 11.2 Å². The predicted molar refractivity (Wildman–Crippen MR) is 127 cm³/mol. The van der Waals surface area contributed by atoms with Crippen LogP contribution >= 0.6 is 0 Å². The van der Waals surface area contributed by atoms with Crippen molar-refractivity contribution < 1.29 is 17.0 Å². The largest absolute Gasteiger partial charge is 1.00 e. The highest BCUT2D eigenvalue weighted by Crippen LogP contribution is 2.61. The number of halogens is 1. The first kappa shape index (κ1) is 24.8. The summed E-state index contributed by atoms with van der Waals surface area (Å²) in [7, 11) is 2.00. The Morgan fingerprint density at radius 2 is 2.06 bits per heavy atom. The summed E-state index contributed by atoms with van der Waals surface area (Å²) >= 11 is 0.